The van der Waals surface area contributed by atoms with E-state index in [1.54, 1.807) is 13.2 Å². The molecule has 0 fully saturated rings. The topological polar surface area (TPSA) is 55.6 Å². The molecule has 2 N–H and O–H groups in total. The van der Waals surface area contributed by atoms with E-state index in [0.717, 1.165) is 35.4 Å². The Balaban J connectivity index is 1.85. The number of nitrogen functional groups attached to an aromatic ring is 1. The highest BCUT2D eigenvalue weighted by atomic mass is 16.5. The molecule has 0 unspecified atom stereocenters. The Morgan fingerprint density at radius 1 is 1.24 bits per heavy atom. The quantitative estimate of drug-likeness (QED) is 0.880. The largest absolute Gasteiger partial charge is 0.496 e. The van der Waals surface area contributed by atoms with Gasteiger partial charge in [-0.05, 0) is 24.1 Å². The van der Waals surface area contributed by atoms with Crippen molar-refractivity contribution >= 4 is 11.6 Å². The van der Waals surface area contributed by atoms with Gasteiger partial charge in [0, 0.05) is 36.0 Å². The minimum atomic E-state index is 0.0794. The summed E-state index contributed by atoms with van der Waals surface area (Å²) < 4.78 is 5.35. The molecule has 0 atom stereocenters. The molecule has 0 bridgehead atoms. The third kappa shape index (κ3) is 2.57. The number of hydrogen-bond donors (Lipinski definition) is 1. The Kier molecular flexibility index (Phi) is 3.52. The van der Waals surface area contributed by atoms with Crippen molar-refractivity contribution in [2.45, 2.75) is 13.0 Å². The van der Waals surface area contributed by atoms with Crippen molar-refractivity contribution < 1.29 is 9.53 Å². The standard InChI is InChI=1S/C17H18N2O2/c1-21-16-10-14(18)7-6-13(16)11-19-9-8-12-4-2-3-5-15(12)17(19)20/h2-7,10H,8-9,11,18H2,1H3. The van der Waals surface area contributed by atoms with Crippen LogP contribution in [0.5, 0.6) is 5.75 Å². The molecule has 2 aromatic carbocycles. The number of benzene rings is 2. The van der Waals surface area contributed by atoms with Crippen LogP contribution in [0.4, 0.5) is 5.69 Å². The first kappa shape index (κ1) is 13.5. The normalized spacial score (nSPS) is 14.0. The Labute approximate surface area is 124 Å². The highest BCUT2D eigenvalue weighted by Gasteiger charge is 2.24. The van der Waals surface area contributed by atoms with Crippen molar-refractivity contribution in [2.24, 2.45) is 0 Å². The Morgan fingerprint density at radius 2 is 2.05 bits per heavy atom. The molecule has 0 saturated carbocycles. The number of nitrogens with zero attached hydrogens (tertiary/aromatic N) is 1. The molecule has 108 valence electrons. The van der Waals surface area contributed by atoms with E-state index in [1.807, 2.05) is 41.3 Å². The number of fused-ring (bicyclic) bond motifs is 1. The fourth-order valence-corrected chi connectivity index (χ4v) is 2.72. The lowest BCUT2D eigenvalue weighted by Crippen LogP contribution is -2.37. The lowest BCUT2D eigenvalue weighted by atomic mass is 9.98. The maximum atomic E-state index is 12.5. The summed E-state index contributed by atoms with van der Waals surface area (Å²) in [6, 6.07) is 13.3. The van der Waals surface area contributed by atoms with Gasteiger partial charge in [-0.3, -0.25) is 4.79 Å². The first-order valence-corrected chi connectivity index (χ1v) is 6.98. The van der Waals surface area contributed by atoms with Crippen LogP contribution in [0.15, 0.2) is 42.5 Å². The van der Waals surface area contributed by atoms with Gasteiger partial charge in [0.25, 0.3) is 5.91 Å². The number of methoxy groups -OCH3 is 1. The van der Waals surface area contributed by atoms with Crippen molar-refractivity contribution in [3.63, 3.8) is 0 Å². The SMILES string of the molecule is COc1cc(N)ccc1CN1CCc2ccccc2C1=O. The molecule has 1 heterocycles. The lowest BCUT2D eigenvalue weighted by Gasteiger charge is -2.29. The molecule has 0 spiro atoms. The molecular weight excluding hydrogens is 264 g/mol. The average Bonchev–Trinajstić information content (AvgIpc) is 2.51. The minimum Gasteiger partial charge on any atom is -0.496 e. The molecule has 4 nitrogen and oxygen atoms in total. The molecule has 2 aromatic rings. The van der Waals surface area contributed by atoms with Gasteiger partial charge < -0.3 is 15.4 Å². The zero-order valence-corrected chi connectivity index (χ0v) is 12.0. The fraction of sp³-hybridized carbons (Fsp3) is 0.235. The Bertz CT molecular complexity index is 682. The van der Waals surface area contributed by atoms with Crippen molar-refractivity contribution in [2.75, 3.05) is 19.4 Å². The van der Waals surface area contributed by atoms with E-state index in [4.69, 9.17) is 10.5 Å². The number of carbonyl (C=O) groups is 1. The van der Waals surface area contributed by atoms with Crippen molar-refractivity contribution in [3.8, 4) is 5.75 Å². The van der Waals surface area contributed by atoms with Crippen LogP contribution < -0.4 is 10.5 Å². The summed E-state index contributed by atoms with van der Waals surface area (Å²) in [5.74, 6) is 0.803. The van der Waals surface area contributed by atoms with Gasteiger partial charge in [0.1, 0.15) is 5.75 Å². The molecule has 4 heteroatoms. The van der Waals surface area contributed by atoms with Crippen LogP contribution in [0.3, 0.4) is 0 Å². The maximum Gasteiger partial charge on any atom is 0.254 e. The Morgan fingerprint density at radius 3 is 2.86 bits per heavy atom. The number of rotatable bonds is 3. The predicted octanol–water partition coefficient (Wildman–Crippen LogP) is 2.48. The summed E-state index contributed by atoms with van der Waals surface area (Å²) in [4.78, 5) is 14.4. The number of ether oxygens (including phenoxy) is 1. The third-order valence-electron chi connectivity index (χ3n) is 3.86. The molecule has 21 heavy (non-hydrogen) atoms. The van der Waals surface area contributed by atoms with E-state index in [0.29, 0.717) is 12.2 Å². The van der Waals surface area contributed by atoms with Gasteiger partial charge in [-0.15, -0.1) is 0 Å². The molecule has 0 saturated heterocycles. The predicted molar refractivity (Wildman–Crippen MR) is 82.3 cm³/mol. The smallest absolute Gasteiger partial charge is 0.254 e. The zero-order chi connectivity index (χ0) is 14.8. The van der Waals surface area contributed by atoms with Gasteiger partial charge in [-0.25, -0.2) is 0 Å². The van der Waals surface area contributed by atoms with E-state index >= 15 is 0 Å². The summed E-state index contributed by atoms with van der Waals surface area (Å²) in [5.41, 5.74) is 9.33. The highest BCUT2D eigenvalue weighted by Crippen LogP contribution is 2.26. The molecule has 0 aliphatic carbocycles. The van der Waals surface area contributed by atoms with Gasteiger partial charge in [0.2, 0.25) is 0 Å². The van der Waals surface area contributed by atoms with Crippen molar-refractivity contribution in [1.82, 2.24) is 4.90 Å². The van der Waals surface area contributed by atoms with E-state index in [2.05, 4.69) is 0 Å². The zero-order valence-electron chi connectivity index (χ0n) is 12.0. The summed E-state index contributed by atoms with van der Waals surface area (Å²) in [6.07, 6.45) is 0.888. The van der Waals surface area contributed by atoms with Crippen molar-refractivity contribution in [3.05, 3.63) is 59.2 Å². The van der Waals surface area contributed by atoms with Crippen LogP contribution in [0.25, 0.3) is 0 Å². The second-order valence-corrected chi connectivity index (χ2v) is 5.21. The number of nitrogens with two attached hydrogens (primary N) is 1. The molecule has 1 aliphatic rings. The number of hydrogen-bond acceptors (Lipinski definition) is 3. The molecular formula is C17H18N2O2. The fourth-order valence-electron chi connectivity index (χ4n) is 2.72. The van der Waals surface area contributed by atoms with Crippen LogP contribution in [0, 0.1) is 0 Å². The van der Waals surface area contributed by atoms with E-state index in [-0.39, 0.29) is 5.91 Å². The summed E-state index contributed by atoms with van der Waals surface area (Å²) >= 11 is 0. The van der Waals surface area contributed by atoms with Crippen molar-refractivity contribution in [1.29, 1.82) is 0 Å². The van der Waals surface area contributed by atoms with E-state index < -0.39 is 0 Å². The second kappa shape index (κ2) is 5.48. The van der Waals surface area contributed by atoms with E-state index in [1.165, 1.54) is 0 Å². The van der Waals surface area contributed by atoms with Crippen LogP contribution in [-0.2, 0) is 13.0 Å². The average molecular weight is 282 g/mol. The molecule has 1 aliphatic heterocycles. The maximum absolute atomic E-state index is 12.5. The first-order valence-electron chi connectivity index (χ1n) is 6.98. The number of anilines is 1. The monoisotopic (exact) mass is 282 g/mol. The summed E-state index contributed by atoms with van der Waals surface area (Å²) in [6.45, 7) is 1.26. The van der Waals surface area contributed by atoms with Gasteiger partial charge in [0.15, 0.2) is 0 Å². The van der Waals surface area contributed by atoms with Gasteiger partial charge in [0.05, 0.1) is 7.11 Å². The Hall–Kier alpha value is -2.49. The summed E-state index contributed by atoms with van der Waals surface area (Å²) in [7, 11) is 1.62. The molecule has 0 aromatic heterocycles. The molecule has 0 radical (unpaired) electrons. The second-order valence-electron chi connectivity index (χ2n) is 5.21. The van der Waals surface area contributed by atoms with Crippen LogP contribution in [0.1, 0.15) is 21.5 Å². The van der Waals surface area contributed by atoms with Gasteiger partial charge >= 0.3 is 0 Å². The van der Waals surface area contributed by atoms with Crippen LogP contribution >= 0.6 is 0 Å². The van der Waals surface area contributed by atoms with Crippen LogP contribution in [-0.4, -0.2) is 24.5 Å². The van der Waals surface area contributed by atoms with Gasteiger partial charge in [-0.2, -0.15) is 0 Å². The van der Waals surface area contributed by atoms with Crippen LogP contribution in [0.2, 0.25) is 0 Å². The third-order valence-corrected chi connectivity index (χ3v) is 3.86. The van der Waals surface area contributed by atoms with Gasteiger partial charge in [-0.1, -0.05) is 24.3 Å². The van der Waals surface area contributed by atoms with E-state index in [9.17, 15) is 4.79 Å². The lowest BCUT2D eigenvalue weighted by molar-refractivity contribution is 0.0726. The molecule has 1 amide bonds. The first-order chi connectivity index (χ1) is 10.2. The highest BCUT2D eigenvalue weighted by molar-refractivity contribution is 5.96. The number of carbonyl (C=O) groups excluding carboxylic acids is 1. The molecule has 3 rings (SSSR count). The summed E-state index contributed by atoms with van der Waals surface area (Å²) in [5, 5.41) is 0. The minimum absolute atomic E-state index is 0.0794. The number of amides is 1.